The molecule has 3 aromatic rings. The van der Waals surface area contributed by atoms with Crippen LogP contribution in [0.15, 0.2) is 28.8 Å². The third-order valence-electron chi connectivity index (χ3n) is 5.64. The Bertz CT molecular complexity index is 1080. The van der Waals surface area contributed by atoms with E-state index in [1.165, 1.54) is 0 Å². The third kappa shape index (κ3) is 3.20. The zero-order chi connectivity index (χ0) is 20.7. The fraction of sp³-hybridized carbons (Fsp3) is 0.429. The molecule has 1 N–H and O–H groups in total. The highest BCUT2D eigenvalue weighted by atomic mass is 16.5. The summed E-state index contributed by atoms with van der Waals surface area (Å²) in [6.45, 7) is 4.31. The molecule has 9 heteroatoms. The second-order valence-corrected chi connectivity index (χ2v) is 7.50. The molecule has 1 saturated heterocycles. The molecule has 5 rings (SSSR count). The van der Waals surface area contributed by atoms with E-state index in [0.29, 0.717) is 56.6 Å². The number of carbonyl (C=O) groups excluding carboxylic acids is 1. The fourth-order valence-electron chi connectivity index (χ4n) is 4.13. The molecule has 1 fully saturated rings. The van der Waals surface area contributed by atoms with Gasteiger partial charge in [-0.3, -0.25) is 9.48 Å². The van der Waals surface area contributed by atoms with Gasteiger partial charge in [-0.25, -0.2) is 0 Å². The Hall–Kier alpha value is -3.04. The van der Waals surface area contributed by atoms with Crippen molar-refractivity contribution in [3.8, 4) is 11.3 Å². The lowest BCUT2D eigenvalue weighted by atomic mass is 9.86. The van der Waals surface area contributed by atoms with Gasteiger partial charge in [0.1, 0.15) is 6.54 Å². The Morgan fingerprint density at radius 1 is 1.27 bits per heavy atom. The quantitative estimate of drug-likeness (QED) is 0.698. The molecule has 156 valence electrons. The summed E-state index contributed by atoms with van der Waals surface area (Å²) in [4.78, 5) is 19.4. The number of fused-ring (bicyclic) bond motifs is 3. The summed E-state index contributed by atoms with van der Waals surface area (Å²) in [5.41, 5.74) is 3.65. The molecule has 2 aromatic heterocycles. The van der Waals surface area contributed by atoms with Crippen molar-refractivity contribution in [1.29, 1.82) is 0 Å². The van der Waals surface area contributed by atoms with Gasteiger partial charge in [-0.15, -0.1) is 0 Å². The van der Waals surface area contributed by atoms with E-state index in [1.54, 1.807) is 9.58 Å². The maximum Gasteiger partial charge on any atom is 0.274 e. The first kappa shape index (κ1) is 19.0. The minimum atomic E-state index is -0.683. The first-order valence-electron chi connectivity index (χ1n) is 10.2. The summed E-state index contributed by atoms with van der Waals surface area (Å²) in [5.74, 6) is 0.928. The third-order valence-corrected chi connectivity index (χ3v) is 5.64. The summed E-state index contributed by atoms with van der Waals surface area (Å²) >= 11 is 0. The molecule has 1 amide bonds. The Balaban J connectivity index is 1.61. The summed E-state index contributed by atoms with van der Waals surface area (Å²) in [6.07, 6.45) is 0.330. The number of aliphatic hydroxyl groups excluding tert-OH is 1. The van der Waals surface area contributed by atoms with Gasteiger partial charge in [0.05, 0.1) is 25.0 Å². The van der Waals surface area contributed by atoms with Gasteiger partial charge in [0.25, 0.3) is 5.91 Å². The summed E-state index contributed by atoms with van der Waals surface area (Å²) in [5, 5.41) is 19.4. The molecule has 30 heavy (non-hydrogen) atoms. The largest absolute Gasteiger partial charge is 0.388 e. The van der Waals surface area contributed by atoms with Crippen molar-refractivity contribution in [1.82, 2.24) is 24.8 Å². The number of carbonyl (C=O) groups is 1. The molecule has 3 heterocycles. The number of morpholine rings is 1. The number of aliphatic hydroxyl groups is 1. The molecule has 2 aliphatic rings. The number of amides is 1. The van der Waals surface area contributed by atoms with E-state index in [-0.39, 0.29) is 12.5 Å². The molecule has 1 unspecified atom stereocenters. The number of nitrogens with zero attached hydrogens (tertiary/aromatic N) is 5. The maximum absolute atomic E-state index is 13.3. The predicted molar refractivity (Wildman–Crippen MR) is 106 cm³/mol. The van der Waals surface area contributed by atoms with Crippen LogP contribution in [0.25, 0.3) is 11.3 Å². The molecule has 1 atom stereocenters. The van der Waals surface area contributed by atoms with Gasteiger partial charge in [0.2, 0.25) is 5.89 Å². The van der Waals surface area contributed by atoms with E-state index in [9.17, 15) is 9.90 Å². The van der Waals surface area contributed by atoms with Gasteiger partial charge in [0.15, 0.2) is 11.5 Å². The molecular formula is C21H23N5O4. The molecule has 0 spiro atoms. The molecule has 1 aliphatic carbocycles. The maximum atomic E-state index is 13.3. The highest BCUT2D eigenvalue weighted by molar-refractivity contribution is 5.96. The van der Waals surface area contributed by atoms with E-state index >= 15 is 0 Å². The monoisotopic (exact) mass is 409 g/mol. The van der Waals surface area contributed by atoms with Crippen LogP contribution in [0.5, 0.6) is 0 Å². The molecule has 0 radical (unpaired) electrons. The second kappa shape index (κ2) is 7.66. The van der Waals surface area contributed by atoms with Gasteiger partial charge in [-0.05, 0) is 5.56 Å². The number of hydrogen-bond acceptors (Lipinski definition) is 7. The van der Waals surface area contributed by atoms with Crippen molar-refractivity contribution in [3.63, 3.8) is 0 Å². The lowest BCUT2D eigenvalue weighted by Gasteiger charge is -2.27. The van der Waals surface area contributed by atoms with E-state index in [1.807, 2.05) is 31.2 Å². The van der Waals surface area contributed by atoms with Crippen LogP contribution in [-0.4, -0.2) is 62.1 Å². The SMILES string of the molecule is CCc1noc(Cn2nc(C(=O)N3CCOCC3)c3c2-c2ccccc2C(O)C3)n1. The van der Waals surface area contributed by atoms with Gasteiger partial charge in [0, 0.05) is 37.1 Å². The average Bonchev–Trinajstić information content (AvgIpc) is 3.39. The molecule has 0 bridgehead atoms. The Morgan fingerprint density at radius 3 is 2.83 bits per heavy atom. The topological polar surface area (TPSA) is 107 Å². The van der Waals surface area contributed by atoms with Gasteiger partial charge in [-0.1, -0.05) is 36.3 Å². The van der Waals surface area contributed by atoms with Crippen LogP contribution in [-0.2, 0) is 24.1 Å². The highest BCUT2D eigenvalue weighted by Gasteiger charge is 2.34. The summed E-state index contributed by atoms with van der Waals surface area (Å²) in [6, 6.07) is 7.68. The number of ether oxygens (including phenoxy) is 1. The number of benzene rings is 1. The first-order valence-corrected chi connectivity index (χ1v) is 10.2. The normalized spacial score (nSPS) is 18.2. The first-order chi connectivity index (χ1) is 14.7. The smallest absolute Gasteiger partial charge is 0.274 e. The minimum Gasteiger partial charge on any atom is -0.388 e. The minimum absolute atomic E-state index is 0.139. The van der Waals surface area contributed by atoms with Crippen molar-refractivity contribution < 1.29 is 19.2 Å². The lowest BCUT2D eigenvalue weighted by Crippen LogP contribution is -2.41. The van der Waals surface area contributed by atoms with Crippen LogP contribution in [0.1, 0.15) is 46.4 Å². The Labute approximate surface area is 173 Å². The van der Waals surface area contributed by atoms with Crippen LogP contribution < -0.4 is 0 Å². The van der Waals surface area contributed by atoms with Crippen LogP contribution in [0, 0.1) is 0 Å². The highest BCUT2D eigenvalue weighted by Crippen LogP contribution is 2.40. The van der Waals surface area contributed by atoms with Crippen LogP contribution in [0.4, 0.5) is 0 Å². The van der Waals surface area contributed by atoms with E-state index in [4.69, 9.17) is 9.26 Å². The lowest BCUT2D eigenvalue weighted by molar-refractivity contribution is 0.0297. The van der Waals surface area contributed by atoms with Crippen molar-refractivity contribution in [2.45, 2.75) is 32.4 Å². The van der Waals surface area contributed by atoms with Crippen molar-refractivity contribution in [2.24, 2.45) is 0 Å². The van der Waals surface area contributed by atoms with Crippen molar-refractivity contribution >= 4 is 5.91 Å². The van der Waals surface area contributed by atoms with Crippen LogP contribution in [0.2, 0.25) is 0 Å². The van der Waals surface area contributed by atoms with Crippen molar-refractivity contribution in [2.75, 3.05) is 26.3 Å². The van der Waals surface area contributed by atoms with Gasteiger partial charge < -0.3 is 19.3 Å². The van der Waals surface area contributed by atoms with Gasteiger partial charge in [-0.2, -0.15) is 10.1 Å². The summed E-state index contributed by atoms with van der Waals surface area (Å²) < 4.78 is 12.5. The number of aromatic nitrogens is 4. The van der Waals surface area contributed by atoms with E-state index in [2.05, 4.69) is 15.2 Å². The average molecular weight is 409 g/mol. The molecule has 1 aliphatic heterocycles. The van der Waals surface area contributed by atoms with Crippen molar-refractivity contribution in [3.05, 3.63) is 52.8 Å². The van der Waals surface area contributed by atoms with E-state index < -0.39 is 6.10 Å². The zero-order valence-corrected chi connectivity index (χ0v) is 16.7. The van der Waals surface area contributed by atoms with Gasteiger partial charge >= 0.3 is 0 Å². The Kier molecular flexibility index (Phi) is 4.84. The van der Waals surface area contributed by atoms with Crippen LogP contribution >= 0.6 is 0 Å². The van der Waals surface area contributed by atoms with E-state index in [0.717, 1.165) is 22.4 Å². The standard InChI is InChI=1S/C21H23N5O4/c1-2-17-22-18(30-24-17)12-26-20-14-6-4-3-5-13(14)16(27)11-15(20)19(23-26)21(28)25-7-9-29-10-8-25/h3-6,16,27H,2,7-12H2,1H3. The molecule has 0 saturated carbocycles. The number of aryl methyl sites for hydroxylation is 1. The molecule has 1 aromatic carbocycles. The fourth-order valence-corrected chi connectivity index (χ4v) is 4.13. The number of hydrogen-bond donors (Lipinski definition) is 1. The molecular weight excluding hydrogens is 386 g/mol. The number of rotatable bonds is 4. The Morgan fingerprint density at radius 2 is 2.07 bits per heavy atom. The van der Waals surface area contributed by atoms with Crippen LogP contribution in [0.3, 0.4) is 0 Å². The molecule has 9 nitrogen and oxygen atoms in total. The predicted octanol–water partition coefficient (Wildman–Crippen LogP) is 1.61. The zero-order valence-electron chi connectivity index (χ0n) is 16.7. The summed E-state index contributed by atoms with van der Waals surface area (Å²) in [7, 11) is 0. The second-order valence-electron chi connectivity index (χ2n) is 7.50.